The van der Waals surface area contributed by atoms with Gasteiger partial charge >= 0.3 is 0 Å². The maximum atomic E-state index is 12.5. The molecule has 0 aromatic rings. The number of hydrogen-bond donors (Lipinski definition) is 1. The second-order valence-corrected chi connectivity index (χ2v) is 7.18. The predicted molar refractivity (Wildman–Crippen MR) is 82.6 cm³/mol. The van der Waals surface area contributed by atoms with Crippen molar-refractivity contribution < 1.29 is 9.59 Å². The number of carbonyl (C=O) groups excluding carboxylic acids is 2. The highest BCUT2D eigenvalue weighted by molar-refractivity contribution is 5.95. The van der Waals surface area contributed by atoms with Crippen LogP contribution in [0.25, 0.3) is 0 Å². The molecule has 2 aliphatic heterocycles. The summed E-state index contributed by atoms with van der Waals surface area (Å²) in [4.78, 5) is 28.2. The van der Waals surface area contributed by atoms with Gasteiger partial charge in [-0.05, 0) is 44.1 Å². The molecule has 2 amide bonds. The number of nitrogens with zero attached hydrogens (tertiary/aromatic N) is 2. The summed E-state index contributed by atoms with van der Waals surface area (Å²) >= 11 is 0. The smallest absolute Gasteiger partial charge is 0.245 e. The molecule has 0 bridgehead atoms. The van der Waals surface area contributed by atoms with Crippen LogP contribution in [0.15, 0.2) is 0 Å². The molecule has 2 rings (SSSR count). The van der Waals surface area contributed by atoms with Crippen LogP contribution in [-0.2, 0) is 9.59 Å². The van der Waals surface area contributed by atoms with Crippen LogP contribution in [-0.4, -0.2) is 53.8 Å². The van der Waals surface area contributed by atoms with E-state index in [9.17, 15) is 9.59 Å². The van der Waals surface area contributed by atoms with Crippen LogP contribution in [0.1, 0.15) is 52.4 Å². The van der Waals surface area contributed by atoms with Gasteiger partial charge < -0.3 is 15.5 Å². The van der Waals surface area contributed by atoms with E-state index in [4.69, 9.17) is 5.73 Å². The number of nitrogens with two attached hydrogens (primary N) is 1. The van der Waals surface area contributed by atoms with Gasteiger partial charge in [-0.2, -0.15) is 0 Å². The zero-order valence-corrected chi connectivity index (χ0v) is 13.4. The predicted octanol–water partition coefficient (Wildman–Crippen LogP) is 1.36. The van der Waals surface area contributed by atoms with E-state index >= 15 is 0 Å². The number of piperazine rings is 1. The third kappa shape index (κ3) is 3.96. The Morgan fingerprint density at radius 3 is 2.71 bits per heavy atom. The normalized spacial score (nSPS) is 23.5. The number of amides is 2. The third-order valence-electron chi connectivity index (χ3n) is 4.83. The van der Waals surface area contributed by atoms with Gasteiger partial charge in [0.1, 0.15) is 6.04 Å². The molecular weight excluding hydrogens is 266 g/mol. The van der Waals surface area contributed by atoms with Crippen LogP contribution in [0, 0.1) is 5.41 Å². The Bertz CT molecular complexity index is 395. The fourth-order valence-corrected chi connectivity index (χ4v) is 3.23. The molecule has 0 radical (unpaired) electrons. The van der Waals surface area contributed by atoms with Gasteiger partial charge in [-0.3, -0.25) is 9.59 Å². The summed E-state index contributed by atoms with van der Waals surface area (Å²) in [5, 5.41) is 0. The van der Waals surface area contributed by atoms with Crippen molar-refractivity contribution in [2.75, 3.05) is 26.2 Å². The molecule has 21 heavy (non-hydrogen) atoms. The van der Waals surface area contributed by atoms with E-state index in [-0.39, 0.29) is 29.8 Å². The minimum Gasteiger partial charge on any atom is -0.332 e. The fraction of sp³-hybridized carbons (Fsp3) is 0.875. The van der Waals surface area contributed by atoms with Gasteiger partial charge in [-0.15, -0.1) is 0 Å². The van der Waals surface area contributed by atoms with Crippen molar-refractivity contribution in [1.29, 1.82) is 0 Å². The first kappa shape index (κ1) is 16.3. The largest absolute Gasteiger partial charge is 0.332 e. The fourth-order valence-electron chi connectivity index (χ4n) is 3.23. The third-order valence-corrected chi connectivity index (χ3v) is 4.83. The standard InChI is InChI=1S/C16H29N3O2/c1-16(2,12-17)8-4-6-9-18-11-14(20)19-10-5-3-7-13(19)15(18)21/h13H,3-12,17H2,1-2H3. The van der Waals surface area contributed by atoms with E-state index < -0.39 is 0 Å². The molecule has 1 unspecified atom stereocenters. The molecule has 2 saturated heterocycles. The van der Waals surface area contributed by atoms with Crippen LogP contribution in [0.3, 0.4) is 0 Å². The summed E-state index contributed by atoms with van der Waals surface area (Å²) in [7, 11) is 0. The molecule has 0 saturated carbocycles. The van der Waals surface area contributed by atoms with Crippen LogP contribution in [0.4, 0.5) is 0 Å². The Morgan fingerprint density at radius 1 is 1.24 bits per heavy atom. The first-order valence-corrected chi connectivity index (χ1v) is 8.23. The lowest BCUT2D eigenvalue weighted by Gasteiger charge is -2.42. The lowest BCUT2D eigenvalue weighted by molar-refractivity contribution is -0.157. The number of unbranched alkanes of at least 4 members (excludes halogenated alkanes) is 1. The molecule has 0 spiro atoms. The number of fused-ring (bicyclic) bond motifs is 1. The Balaban J connectivity index is 1.81. The highest BCUT2D eigenvalue weighted by atomic mass is 16.2. The molecule has 2 N–H and O–H groups in total. The second-order valence-electron chi connectivity index (χ2n) is 7.18. The quantitative estimate of drug-likeness (QED) is 0.753. The molecular formula is C16H29N3O2. The van der Waals surface area contributed by atoms with E-state index in [0.29, 0.717) is 13.1 Å². The number of hydrogen-bond acceptors (Lipinski definition) is 3. The van der Waals surface area contributed by atoms with Gasteiger partial charge in [0.25, 0.3) is 0 Å². The molecule has 0 aliphatic carbocycles. The lowest BCUT2D eigenvalue weighted by atomic mass is 9.87. The lowest BCUT2D eigenvalue weighted by Crippen LogP contribution is -2.61. The van der Waals surface area contributed by atoms with E-state index in [1.54, 1.807) is 9.80 Å². The summed E-state index contributed by atoms with van der Waals surface area (Å²) in [5.74, 6) is 0.286. The highest BCUT2D eigenvalue weighted by Gasteiger charge is 2.39. The van der Waals surface area contributed by atoms with Gasteiger partial charge in [0, 0.05) is 13.1 Å². The Kier molecular flexibility index (Phi) is 5.25. The van der Waals surface area contributed by atoms with Gasteiger partial charge in [0.2, 0.25) is 11.8 Å². The number of carbonyl (C=O) groups is 2. The molecule has 0 aromatic carbocycles. The minimum atomic E-state index is -0.180. The maximum Gasteiger partial charge on any atom is 0.245 e. The molecule has 2 fully saturated rings. The molecule has 1 atom stereocenters. The van der Waals surface area contributed by atoms with Gasteiger partial charge in [-0.1, -0.05) is 20.3 Å². The monoisotopic (exact) mass is 295 g/mol. The average Bonchev–Trinajstić information content (AvgIpc) is 2.48. The zero-order chi connectivity index (χ0) is 15.5. The minimum absolute atomic E-state index is 0.126. The van der Waals surface area contributed by atoms with Crippen molar-refractivity contribution in [3.8, 4) is 0 Å². The first-order chi connectivity index (χ1) is 9.94. The average molecular weight is 295 g/mol. The van der Waals surface area contributed by atoms with Crippen LogP contribution in [0.5, 0.6) is 0 Å². The van der Waals surface area contributed by atoms with E-state index in [2.05, 4.69) is 13.8 Å². The second kappa shape index (κ2) is 6.77. The van der Waals surface area contributed by atoms with E-state index in [1.807, 2.05) is 0 Å². The maximum absolute atomic E-state index is 12.5. The molecule has 2 heterocycles. The van der Waals surface area contributed by atoms with Crippen molar-refractivity contribution in [2.24, 2.45) is 11.1 Å². The summed E-state index contributed by atoms with van der Waals surface area (Å²) in [6.45, 7) is 6.76. The SMILES string of the molecule is CC(C)(CN)CCCCN1CC(=O)N2CCCCC2C1=O. The van der Waals surface area contributed by atoms with Crippen molar-refractivity contribution in [1.82, 2.24) is 9.80 Å². The Morgan fingerprint density at radius 2 is 2.00 bits per heavy atom. The summed E-state index contributed by atoms with van der Waals surface area (Å²) in [6, 6.07) is -0.180. The molecule has 5 heteroatoms. The van der Waals surface area contributed by atoms with Crippen molar-refractivity contribution in [3.63, 3.8) is 0 Å². The first-order valence-electron chi connectivity index (χ1n) is 8.23. The van der Waals surface area contributed by atoms with E-state index in [1.165, 1.54) is 0 Å². The molecule has 2 aliphatic rings. The van der Waals surface area contributed by atoms with Gasteiger partial charge in [0.15, 0.2) is 0 Å². The topological polar surface area (TPSA) is 66.6 Å². The summed E-state index contributed by atoms with van der Waals surface area (Å²) in [5.41, 5.74) is 5.90. The molecule has 120 valence electrons. The van der Waals surface area contributed by atoms with Gasteiger partial charge in [0.05, 0.1) is 6.54 Å². The van der Waals surface area contributed by atoms with Crippen molar-refractivity contribution in [3.05, 3.63) is 0 Å². The molecule has 0 aromatic heterocycles. The Hall–Kier alpha value is -1.10. The number of rotatable bonds is 6. The van der Waals surface area contributed by atoms with E-state index in [0.717, 1.165) is 45.1 Å². The van der Waals surface area contributed by atoms with Crippen LogP contribution >= 0.6 is 0 Å². The molecule has 5 nitrogen and oxygen atoms in total. The summed E-state index contributed by atoms with van der Waals surface area (Å²) < 4.78 is 0. The van der Waals surface area contributed by atoms with Crippen LogP contribution in [0.2, 0.25) is 0 Å². The summed E-state index contributed by atoms with van der Waals surface area (Å²) in [6.07, 6.45) is 5.99. The highest BCUT2D eigenvalue weighted by Crippen LogP contribution is 2.24. The van der Waals surface area contributed by atoms with Gasteiger partial charge in [-0.25, -0.2) is 0 Å². The van der Waals surface area contributed by atoms with Crippen molar-refractivity contribution in [2.45, 2.75) is 58.4 Å². The van der Waals surface area contributed by atoms with Crippen LogP contribution < -0.4 is 5.73 Å². The van der Waals surface area contributed by atoms with Crippen molar-refractivity contribution >= 4 is 11.8 Å². The Labute approximate surface area is 127 Å². The number of piperidine rings is 1. The zero-order valence-electron chi connectivity index (χ0n) is 13.4.